The third kappa shape index (κ3) is 3.78. The summed E-state index contributed by atoms with van der Waals surface area (Å²) in [5.41, 5.74) is 7.44. The SMILES string of the molecule is C[C@@H](N)c1ccc(OCc2ccc(Br)cc2)c(F)c1. The van der Waals surface area contributed by atoms with Gasteiger partial charge in [0.1, 0.15) is 6.61 Å². The molecule has 1 atom stereocenters. The normalized spacial score (nSPS) is 12.2. The van der Waals surface area contributed by atoms with Crippen LogP contribution in [0.2, 0.25) is 0 Å². The molecule has 2 aromatic carbocycles. The second-order valence-corrected chi connectivity index (χ2v) is 5.31. The van der Waals surface area contributed by atoms with Crippen molar-refractivity contribution in [3.63, 3.8) is 0 Å². The van der Waals surface area contributed by atoms with Gasteiger partial charge in [-0.1, -0.05) is 34.1 Å². The van der Waals surface area contributed by atoms with Gasteiger partial charge >= 0.3 is 0 Å². The highest BCUT2D eigenvalue weighted by atomic mass is 79.9. The Kier molecular flexibility index (Phi) is 4.56. The molecule has 2 N–H and O–H groups in total. The Morgan fingerprint density at radius 2 is 1.89 bits per heavy atom. The lowest BCUT2D eigenvalue weighted by atomic mass is 10.1. The minimum Gasteiger partial charge on any atom is -0.486 e. The maximum absolute atomic E-state index is 13.8. The van der Waals surface area contributed by atoms with E-state index in [9.17, 15) is 4.39 Å². The quantitative estimate of drug-likeness (QED) is 0.915. The Morgan fingerprint density at radius 3 is 2.47 bits per heavy atom. The molecule has 0 unspecified atom stereocenters. The Labute approximate surface area is 120 Å². The molecule has 0 amide bonds. The molecule has 2 aromatic rings. The van der Waals surface area contributed by atoms with Gasteiger partial charge in [0.05, 0.1) is 0 Å². The molecule has 2 nitrogen and oxygen atoms in total. The van der Waals surface area contributed by atoms with Crippen molar-refractivity contribution in [2.24, 2.45) is 5.73 Å². The van der Waals surface area contributed by atoms with Crippen LogP contribution in [-0.4, -0.2) is 0 Å². The lowest BCUT2D eigenvalue weighted by molar-refractivity contribution is 0.290. The number of ether oxygens (including phenoxy) is 1. The summed E-state index contributed by atoms with van der Waals surface area (Å²) >= 11 is 3.36. The van der Waals surface area contributed by atoms with Crippen LogP contribution in [0.4, 0.5) is 4.39 Å². The molecule has 0 saturated carbocycles. The highest BCUT2D eigenvalue weighted by Gasteiger charge is 2.07. The third-order valence-electron chi connectivity index (χ3n) is 2.79. The molecule has 0 aliphatic heterocycles. The van der Waals surface area contributed by atoms with E-state index < -0.39 is 0 Å². The summed E-state index contributed by atoms with van der Waals surface area (Å²) in [6, 6.07) is 12.3. The zero-order chi connectivity index (χ0) is 13.8. The summed E-state index contributed by atoms with van der Waals surface area (Å²) in [4.78, 5) is 0. The zero-order valence-electron chi connectivity index (χ0n) is 10.6. The predicted molar refractivity (Wildman–Crippen MR) is 77.5 cm³/mol. The van der Waals surface area contributed by atoms with Crippen LogP contribution in [0.5, 0.6) is 5.75 Å². The van der Waals surface area contributed by atoms with Gasteiger partial charge in [0, 0.05) is 10.5 Å². The average Bonchev–Trinajstić information content (AvgIpc) is 2.39. The first-order valence-electron chi connectivity index (χ1n) is 5.98. The number of benzene rings is 2. The van der Waals surface area contributed by atoms with Crippen LogP contribution in [0.3, 0.4) is 0 Å². The molecule has 0 spiro atoms. The molecule has 4 heteroatoms. The number of nitrogens with two attached hydrogens (primary N) is 1. The molecule has 0 aliphatic rings. The minimum atomic E-state index is -0.382. The van der Waals surface area contributed by atoms with Gasteiger partial charge in [-0.3, -0.25) is 0 Å². The molecule has 2 rings (SSSR count). The molecule has 0 aliphatic carbocycles. The third-order valence-corrected chi connectivity index (χ3v) is 3.32. The molecule has 0 heterocycles. The van der Waals surface area contributed by atoms with Crippen molar-refractivity contribution in [3.8, 4) is 5.75 Å². The lowest BCUT2D eigenvalue weighted by Gasteiger charge is -2.10. The largest absolute Gasteiger partial charge is 0.486 e. The first-order chi connectivity index (χ1) is 9.06. The Bertz CT molecular complexity index is 555. The summed E-state index contributed by atoms with van der Waals surface area (Å²) < 4.78 is 20.3. The lowest BCUT2D eigenvalue weighted by Crippen LogP contribution is -2.06. The highest BCUT2D eigenvalue weighted by molar-refractivity contribution is 9.10. The fourth-order valence-electron chi connectivity index (χ4n) is 1.66. The van der Waals surface area contributed by atoms with Crippen molar-refractivity contribution >= 4 is 15.9 Å². The maximum atomic E-state index is 13.8. The predicted octanol–water partition coefficient (Wildman–Crippen LogP) is 4.19. The van der Waals surface area contributed by atoms with E-state index in [1.807, 2.05) is 31.2 Å². The van der Waals surface area contributed by atoms with E-state index in [0.717, 1.165) is 15.6 Å². The van der Waals surface area contributed by atoms with Crippen LogP contribution in [0.15, 0.2) is 46.9 Å². The highest BCUT2D eigenvalue weighted by Crippen LogP contribution is 2.22. The number of hydrogen-bond donors (Lipinski definition) is 1. The van der Waals surface area contributed by atoms with Crippen LogP contribution in [0.25, 0.3) is 0 Å². The van der Waals surface area contributed by atoms with Crippen molar-refractivity contribution < 1.29 is 9.13 Å². The molecule has 19 heavy (non-hydrogen) atoms. The van der Waals surface area contributed by atoms with Gasteiger partial charge in [0.15, 0.2) is 11.6 Å². The topological polar surface area (TPSA) is 35.2 Å². The van der Waals surface area contributed by atoms with E-state index in [1.165, 1.54) is 6.07 Å². The Balaban J connectivity index is 2.05. The molecule has 0 bridgehead atoms. The van der Waals surface area contributed by atoms with Gasteiger partial charge in [0.2, 0.25) is 0 Å². The summed E-state index contributed by atoms with van der Waals surface area (Å²) in [7, 11) is 0. The molecule has 0 fully saturated rings. The number of rotatable bonds is 4. The van der Waals surface area contributed by atoms with Crippen LogP contribution in [0, 0.1) is 5.82 Å². The van der Waals surface area contributed by atoms with E-state index in [2.05, 4.69) is 15.9 Å². The average molecular weight is 324 g/mol. The smallest absolute Gasteiger partial charge is 0.165 e. The van der Waals surface area contributed by atoms with Crippen molar-refractivity contribution in [2.75, 3.05) is 0 Å². The maximum Gasteiger partial charge on any atom is 0.165 e. The van der Waals surface area contributed by atoms with Gasteiger partial charge in [-0.2, -0.15) is 0 Å². The standard InChI is InChI=1S/C15H15BrFNO/c1-10(18)12-4-7-15(14(17)8-12)19-9-11-2-5-13(16)6-3-11/h2-8,10H,9,18H2,1H3/t10-/m1/s1. The van der Waals surface area contributed by atoms with Crippen LogP contribution in [-0.2, 0) is 6.61 Å². The molecular weight excluding hydrogens is 309 g/mol. The van der Waals surface area contributed by atoms with Crippen LogP contribution in [0.1, 0.15) is 24.1 Å². The summed E-state index contributed by atoms with van der Waals surface area (Å²) in [6.07, 6.45) is 0. The van der Waals surface area contributed by atoms with E-state index in [-0.39, 0.29) is 17.6 Å². The fraction of sp³-hybridized carbons (Fsp3) is 0.200. The summed E-state index contributed by atoms with van der Waals surface area (Å²) in [5.74, 6) is -0.140. The molecule has 100 valence electrons. The second kappa shape index (κ2) is 6.17. The van der Waals surface area contributed by atoms with Gasteiger partial charge < -0.3 is 10.5 Å². The van der Waals surface area contributed by atoms with Crippen LogP contribution < -0.4 is 10.5 Å². The monoisotopic (exact) mass is 323 g/mol. The van der Waals surface area contributed by atoms with E-state index in [0.29, 0.717) is 6.61 Å². The van der Waals surface area contributed by atoms with Gasteiger partial charge in [-0.25, -0.2) is 4.39 Å². The number of halogens is 2. The first kappa shape index (κ1) is 14.0. The fourth-order valence-corrected chi connectivity index (χ4v) is 1.92. The first-order valence-corrected chi connectivity index (χ1v) is 6.78. The summed E-state index contributed by atoms with van der Waals surface area (Å²) in [5, 5.41) is 0. The van der Waals surface area contributed by atoms with Crippen molar-refractivity contribution in [2.45, 2.75) is 19.6 Å². The second-order valence-electron chi connectivity index (χ2n) is 4.39. The van der Waals surface area contributed by atoms with Gasteiger partial charge in [0.25, 0.3) is 0 Å². The molecular formula is C15H15BrFNO. The van der Waals surface area contributed by atoms with E-state index >= 15 is 0 Å². The molecule has 0 aromatic heterocycles. The van der Waals surface area contributed by atoms with Gasteiger partial charge in [-0.05, 0) is 42.3 Å². The van der Waals surface area contributed by atoms with Crippen LogP contribution >= 0.6 is 15.9 Å². The zero-order valence-corrected chi connectivity index (χ0v) is 12.2. The molecule has 0 radical (unpaired) electrons. The summed E-state index contributed by atoms with van der Waals surface area (Å²) in [6.45, 7) is 2.15. The van der Waals surface area contributed by atoms with E-state index in [1.54, 1.807) is 12.1 Å². The van der Waals surface area contributed by atoms with Crippen molar-refractivity contribution in [3.05, 3.63) is 63.9 Å². The minimum absolute atomic E-state index is 0.185. The van der Waals surface area contributed by atoms with Gasteiger partial charge in [-0.15, -0.1) is 0 Å². The number of hydrogen-bond acceptors (Lipinski definition) is 2. The van der Waals surface area contributed by atoms with E-state index in [4.69, 9.17) is 10.5 Å². The van der Waals surface area contributed by atoms with Crippen molar-refractivity contribution in [1.82, 2.24) is 0 Å². The Hall–Kier alpha value is -1.39. The molecule has 0 saturated heterocycles. The Morgan fingerprint density at radius 1 is 1.21 bits per heavy atom. The van der Waals surface area contributed by atoms with Crippen molar-refractivity contribution in [1.29, 1.82) is 0 Å².